The monoisotopic (exact) mass is 202 g/mol. The molecule has 0 bridgehead atoms. The second-order valence-corrected chi connectivity index (χ2v) is 7.84. The van der Waals surface area contributed by atoms with Gasteiger partial charge < -0.3 is 9.16 Å². The minimum atomic E-state index is -1.54. The van der Waals surface area contributed by atoms with Crippen LogP contribution >= 0.6 is 0 Å². The second kappa shape index (κ2) is 6.08. The van der Waals surface area contributed by atoms with Crippen molar-refractivity contribution in [2.45, 2.75) is 45.8 Å². The molecular weight excluding hydrogens is 180 g/mol. The zero-order valence-corrected chi connectivity index (χ0v) is 10.4. The first-order chi connectivity index (χ1) is 6.14. The van der Waals surface area contributed by atoms with E-state index in [2.05, 4.69) is 27.4 Å². The van der Waals surface area contributed by atoms with Crippen LogP contribution < -0.4 is 0 Å². The summed E-state index contributed by atoms with van der Waals surface area (Å²) < 4.78 is 11.1. The maximum Gasteiger partial charge on any atom is 0.257 e. The molecule has 0 aliphatic heterocycles. The van der Waals surface area contributed by atoms with Crippen molar-refractivity contribution in [3.63, 3.8) is 0 Å². The van der Waals surface area contributed by atoms with Crippen molar-refractivity contribution in [1.29, 1.82) is 0 Å². The van der Waals surface area contributed by atoms with Crippen LogP contribution in [0.25, 0.3) is 0 Å². The molecule has 0 fully saturated rings. The average Bonchev–Trinajstić information content (AvgIpc) is 2.15. The summed E-state index contributed by atoms with van der Waals surface area (Å²) in [7, 11) is -1.54. The maximum absolute atomic E-state index is 5.85. The largest absolute Gasteiger partial charge is 0.519 e. The highest BCUT2D eigenvalue weighted by molar-refractivity contribution is 6.73. The molecule has 13 heavy (non-hydrogen) atoms. The van der Waals surface area contributed by atoms with Crippen LogP contribution in [-0.2, 0) is 9.16 Å². The molecule has 0 aliphatic rings. The van der Waals surface area contributed by atoms with Crippen molar-refractivity contribution in [3.05, 3.63) is 12.5 Å². The van der Waals surface area contributed by atoms with Gasteiger partial charge in [0.1, 0.15) is 0 Å². The van der Waals surface area contributed by atoms with Crippen molar-refractivity contribution in [2.75, 3.05) is 6.61 Å². The van der Waals surface area contributed by atoms with Crippen LogP contribution in [0.5, 0.6) is 0 Å². The predicted octanol–water partition coefficient (Wildman–Crippen LogP) is 3.52. The van der Waals surface area contributed by atoms with Crippen molar-refractivity contribution in [3.8, 4) is 0 Å². The smallest absolute Gasteiger partial charge is 0.257 e. The minimum absolute atomic E-state index is 0.514. The van der Waals surface area contributed by atoms with Gasteiger partial charge in [0.25, 0.3) is 14.3 Å². The molecule has 0 aromatic rings. The molecule has 0 unspecified atom stereocenters. The molecule has 0 N–H and O–H groups in total. The van der Waals surface area contributed by atoms with Crippen molar-refractivity contribution < 1.29 is 9.16 Å². The van der Waals surface area contributed by atoms with Crippen LogP contribution in [0.2, 0.25) is 18.1 Å². The molecular formula is C10H22O2Si. The van der Waals surface area contributed by atoms with Crippen LogP contribution in [0, 0.1) is 0 Å². The van der Waals surface area contributed by atoms with E-state index in [4.69, 9.17) is 9.16 Å². The Hall–Kier alpha value is -0.443. The quantitative estimate of drug-likeness (QED) is 0.464. The molecule has 0 aromatic carbocycles. The van der Waals surface area contributed by atoms with Gasteiger partial charge in [-0.05, 0) is 31.6 Å². The van der Waals surface area contributed by atoms with E-state index in [0.29, 0.717) is 12.6 Å². The highest BCUT2D eigenvalue weighted by atomic mass is 28.4. The number of hydrogen-bond donors (Lipinski definition) is 0. The Morgan fingerprint density at radius 1 is 1.08 bits per heavy atom. The summed E-state index contributed by atoms with van der Waals surface area (Å²) in [6.07, 6.45) is 0. The zero-order chi connectivity index (χ0) is 10.3. The number of ether oxygens (including phenoxy) is 1. The van der Waals surface area contributed by atoms with Gasteiger partial charge in [0, 0.05) is 0 Å². The molecule has 0 saturated heterocycles. The molecule has 0 spiro atoms. The Morgan fingerprint density at radius 2 is 1.54 bits per heavy atom. The molecule has 0 heterocycles. The maximum atomic E-state index is 5.85. The van der Waals surface area contributed by atoms with Crippen LogP contribution in [-0.4, -0.2) is 14.9 Å². The van der Waals surface area contributed by atoms with Gasteiger partial charge in [-0.15, -0.1) is 0 Å². The Labute approximate surface area is 83.1 Å². The summed E-state index contributed by atoms with van der Waals surface area (Å²) in [5, 5.41) is 0. The van der Waals surface area contributed by atoms with Gasteiger partial charge in [-0.3, -0.25) is 0 Å². The number of rotatable bonds is 7. The highest BCUT2D eigenvalue weighted by Gasteiger charge is 2.31. The van der Waals surface area contributed by atoms with Gasteiger partial charge in [0.05, 0.1) is 6.61 Å². The topological polar surface area (TPSA) is 18.5 Å². The lowest BCUT2D eigenvalue weighted by molar-refractivity contribution is 0.111. The van der Waals surface area contributed by atoms with Gasteiger partial charge in [-0.1, -0.05) is 20.8 Å². The van der Waals surface area contributed by atoms with Crippen molar-refractivity contribution in [2.24, 2.45) is 0 Å². The zero-order valence-electron chi connectivity index (χ0n) is 9.35. The van der Waals surface area contributed by atoms with E-state index >= 15 is 0 Å². The first kappa shape index (κ1) is 12.6. The van der Waals surface area contributed by atoms with Gasteiger partial charge in [0.2, 0.25) is 0 Å². The molecule has 2 nitrogen and oxygen atoms in total. The van der Waals surface area contributed by atoms with Crippen molar-refractivity contribution >= 4 is 8.32 Å². The summed E-state index contributed by atoms with van der Waals surface area (Å²) in [4.78, 5) is 0. The molecule has 78 valence electrons. The molecule has 0 saturated carbocycles. The van der Waals surface area contributed by atoms with Crippen LogP contribution in [0.15, 0.2) is 12.5 Å². The van der Waals surface area contributed by atoms with E-state index in [1.807, 2.05) is 6.92 Å². The molecule has 0 amide bonds. The van der Waals surface area contributed by atoms with Gasteiger partial charge in [0.15, 0.2) is 0 Å². The normalized spacial score (nSPS) is 11.1. The summed E-state index contributed by atoms with van der Waals surface area (Å²) in [6.45, 7) is 12.9. The van der Waals surface area contributed by atoms with Crippen LogP contribution in [0.1, 0.15) is 27.7 Å². The third-order valence-electron chi connectivity index (χ3n) is 2.57. The predicted molar refractivity (Wildman–Crippen MR) is 59.0 cm³/mol. The lowest BCUT2D eigenvalue weighted by atomic mass is 10.8. The fourth-order valence-electron chi connectivity index (χ4n) is 1.40. The lowest BCUT2D eigenvalue weighted by Gasteiger charge is -2.29. The summed E-state index contributed by atoms with van der Waals surface area (Å²) in [5.74, 6) is 0.514. The SMILES string of the molecule is C=C(OCC)O[Si](CC)(CC)CC. The molecule has 0 aromatic heterocycles. The van der Waals surface area contributed by atoms with E-state index in [1.54, 1.807) is 0 Å². The fraction of sp³-hybridized carbons (Fsp3) is 0.800. The van der Waals surface area contributed by atoms with Crippen LogP contribution in [0.3, 0.4) is 0 Å². The minimum Gasteiger partial charge on any atom is -0.519 e. The van der Waals surface area contributed by atoms with E-state index in [0.717, 1.165) is 18.1 Å². The fourth-order valence-corrected chi connectivity index (χ4v) is 3.87. The molecule has 3 heteroatoms. The van der Waals surface area contributed by atoms with E-state index in [1.165, 1.54) is 0 Å². The second-order valence-electron chi connectivity index (χ2n) is 3.15. The Morgan fingerprint density at radius 3 is 1.85 bits per heavy atom. The van der Waals surface area contributed by atoms with E-state index < -0.39 is 8.32 Å². The van der Waals surface area contributed by atoms with Gasteiger partial charge >= 0.3 is 0 Å². The summed E-state index contributed by atoms with van der Waals surface area (Å²) in [6, 6.07) is 3.39. The Balaban J connectivity index is 4.16. The summed E-state index contributed by atoms with van der Waals surface area (Å²) in [5.41, 5.74) is 0. The molecule has 0 atom stereocenters. The lowest BCUT2D eigenvalue weighted by Crippen LogP contribution is -2.35. The first-order valence-corrected chi connectivity index (χ1v) is 7.67. The van der Waals surface area contributed by atoms with Crippen molar-refractivity contribution in [1.82, 2.24) is 0 Å². The Kier molecular flexibility index (Phi) is 5.87. The number of hydrogen-bond acceptors (Lipinski definition) is 2. The average molecular weight is 202 g/mol. The molecule has 0 aliphatic carbocycles. The molecule has 0 radical (unpaired) electrons. The van der Waals surface area contributed by atoms with E-state index in [9.17, 15) is 0 Å². The highest BCUT2D eigenvalue weighted by Crippen LogP contribution is 2.24. The first-order valence-electron chi connectivity index (χ1n) is 5.14. The molecule has 0 rings (SSSR count). The Bertz CT molecular complexity index is 145. The third-order valence-corrected chi connectivity index (χ3v) is 7.10. The summed E-state index contributed by atoms with van der Waals surface area (Å²) >= 11 is 0. The van der Waals surface area contributed by atoms with Gasteiger partial charge in [-0.25, -0.2) is 0 Å². The third kappa shape index (κ3) is 3.85. The standard InChI is InChI=1S/C10H22O2Si/c1-6-11-10(5)12-13(7-2,8-3)9-4/h5-9H2,1-4H3. The van der Waals surface area contributed by atoms with E-state index in [-0.39, 0.29) is 0 Å². The van der Waals surface area contributed by atoms with Gasteiger partial charge in [-0.2, -0.15) is 0 Å². The van der Waals surface area contributed by atoms with Crippen LogP contribution in [0.4, 0.5) is 0 Å².